The summed E-state index contributed by atoms with van der Waals surface area (Å²) in [7, 11) is 0. The van der Waals surface area contributed by atoms with Crippen LogP contribution < -0.4 is 5.73 Å². The lowest BCUT2D eigenvalue weighted by Gasteiger charge is -2.03. The zero-order chi connectivity index (χ0) is 9.10. The molecule has 0 unspecified atom stereocenters. The molecule has 0 saturated heterocycles. The van der Waals surface area contributed by atoms with Crippen LogP contribution >= 0.6 is 0 Å². The normalized spacial score (nSPS) is 10.5. The van der Waals surface area contributed by atoms with E-state index in [4.69, 9.17) is 0 Å². The van der Waals surface area contributed by atoms with E-state index in [1.807, 2.05) is 0 Å². The fourth-order valence-electron chi connectivity index (χ4n) is 1.70. The Morgan fingerprint density at radius 1 is 0.923 bits per heavy atom. The molecule has 3 N–H and O–H groups in total. The Morgan fingerprint density at radius 2 is 1.69 bits per heavy atom. The molecule has 2 rings (SSSR count). The molecule has 2 aromatic rings. The predicted octanol–water partition coefficient (Wildman–Crippen LogP) is 1.62. The van der Waals surface area contributed by atoms with Crippen molar-refractivity contribution in [3.63, 3.8) is 0 Å². The van der Waals surface area contributed by atoms with Crippen LogP contribution in [0.2, 0.25) is 0 Å². The molecule has 0 spiro atoms. The van der Waals surface area contributed by atoms with Gasteiger partial charge in [0.25, 0.3) is 0 Å². The van der Waals surface area contributed by atoms with E-state index in [0.29, 0.717) is 0 Å². The highest BCUT2D eigenvalue weighted by atomic mass is 14.5. The molecule has 66 valence electrons. The number of quaternary nitrogens is 1. The van der Waals surface area contributed by atoms with E-state index < -0.39 is 0 Å². The van der Waals surface area contributed by atoms with Crippen LogP contribution in [0.4, 0.5) is 0 Å². The smallest absolute Gasteiger partial charge is 0.0781 e. The zero-order valence-electron chi connectivity index (χ0n) is 7.66. The van der Waals surface area contributed by atoms with Gasteiger partial charge in [0.2, 0.25) is 0 Å². The summed E-state index contributed by atoms with van der Waals surface area (Å²) in [6.45, 7) is 0.966. The second kappa shape index (κ2) is 3.58. The Bertz CT molecular complexity index is 401. The number of hydrogen-bond donors (Lipinski definition) is 1. The standard InChI is InChI=1S/C12H13N/c13-9-8-11-6-3-5-10-4-1-2-7-12(10)11/h1-7H,8-9,13H2/p+1. The molecule has 0 fully saturated rings. The van der Waals surface area contributed by atoms with Crippen LogP contribution in [0.1, 0.15) is 5.56 Å². The van der Waals surface area contributed by atoms with Gasteiger partial charge in [-0.2, -0.15) is 0 Å². The minimum Gasteiger partial charge on any atom is -0.357 e. The summed E-state index contributed by atoms with van der Waals surface area (Å²) in [6.07, 6.45) is 1.07. The van der Waals surface area contributed by atoms with Crippen LogP contribution in [0, 0.1) is 0 Å². The summed E-state index contributed by atoms with van der Waals surface area (Å²) >= 11 is 0. The van der Waals surface area contributed by atoms with E-state index >= 15 is 0 Å². The molecule has 0 bridgehead atoms. The fraction of sp³-hybridized carbons (Fsp3) is 0.167. The van der Waals surface area contributed by atoms with E-state index in [9.17, 15) is 0 Å². The van der Waals surface area contributed by atoms with Gasteiger partial charge >= 0.3 is 0 Å². The average Bonchev–Trinajstić information content (AvgIpc) is 2.19. The van der Waals surface area contributed by atoms with Crippen LogP contribution in [0.15, 0.2) is 42.5 Å². The molecule has 0 aliphatic rings. The van der Waals surface area contributed by atoms with Gasteiger partial charge in [-0.15, -0.1) is 0 Å². The molecule has 13 heavy (non-hydrogen) atoms. The summed E-state index contributed by atoms with van der Waals surface area (Å²) in [5, 5.41) is 2.70. The van der Waals surface area contributed by atoms with Crippen molar-refractivity contribution in [3.05, 3.63) is 48.0 Å². The van der Waals surface area contributed by atoms with Crippen molar-refractivity contribution in [1.29, 1.82) is 0 Å². The number of fused-ring (bicyclic) bond motifs is 1. The first-order valence-corrected chi connectivity index (χ1v) is 4.67. The number of hydrogen-bond acceptors (Lipinski definition) is 0. The SMILES string of the molecule is [NH3+]CCc1cccc2ccccc12. The molecule has 0 saturated carbocycles. The van der Waals surface area contributed by atoms with E-state index in [1.54, 1.807) is 0 Å². The lowest BCUT2D eigenvalue weighted by atomic mass is 10.0. The minimum absolute atomic E-state index is 0.966. The monoisotopic (exact) mass is 172 g/mol. The first kappa shape index (κ1) is 8.27. The van der Waals surface area contributed by atoms with Crippen molar-refractivity contribution < 1.29 is 5.73 Å². The highest BCUT2D eigenvalue weighted by Crippen LogP contribution is 2.18. The molecule has 0 aliphatic heterocycles. The van der Waals surface area contributed by atoms with Crippen LogP contribution in [0.25, 0.3) is 10.8 Å². The Labute approximate surface area is 78.2 Å². The van der Waals surface area contributed by atoms with Crippen molar-refractivity contribution in [1.82, 2.24) is 0 Å². The molecular formula is C12H14N+. The third-order valence-electron chi connectivity index (χ3n) is 2.33. The predicted molar refractivity (Wildman–Crippen MR) is 55.4 cm³/mol. The lowest BCUT2D eigenvalue weighted by Crippen LogP contribution is -2.51. The summed E-state index contributed by atoms with van der Waals surface area (Å²) in [5.74, 6) is 0. The van der Waals surface area contributed by atoms with E-state index in [0.717, 1.165) is 13.0 Å². The molecule has 0 aromatic heterocycles. The van der Waals surface area contributed by atoms with Gasteiger partial charge in [-0.05, 0) is 16.3 Å². The Balaban J connectivity index is 2.61. The quantitative estimate of drug-likeness (QED) is 0.713. The van der Waals surface area contributed by atoms with Crippen molar-refractivity contribution in [2.45, 2.75) is 6.42 Å². The molecule has 0 atom stereocenters. The maximum absolute atomic E-state index is 3.89. The summed E-state index contributed by atoms with van der Waals surface area (Å²) in [6, 6.07) is 15.0. The van der Waals surface area contributed by atoms with Gasteiger partial charge in [0, 0.05) is 6.42 Å². The van der Waals surface area contributed by atoms with E-state index in [-0.39, 0.29) is 0 Å². The van der Waals surface area contributed by atoms with Crippen molar-refractivity contribution in [2.75, 3.05) is 6.54 Å². The first-order chi connectivity index (χ1) is 6.42. The molecule has 0 aliphatic carbocycles. The second-order valence-electron chi connectivity index (χ2n) is 3.24. The van der Waals surface area contributed by atoms with Gasteiger partial charge in [0.15, 0.2) is 0 Å². The van der Waals surface area contributed by atoms with Crippen LogP contribution in [-0.4, -0.2) is 6.54 Å². The van der Waals surface area contributed by atoms with Crippen LogP contribution in [0.3, 0.4) is 0 Å². The molecule has 0 amide bonds. The van der Waals surface area contributed by atoms with Crippen LogP contribution in [0.5, 0.6) is 0 Å². The third-order valence-corrected chi connectivity index (χ3v) is 2.33. The molecular weight excluding hydrogens is 158 g/mol. The zero-order valence-corrected chi connectivity index (χ0v) is 7.66. The Kier molecular flexibility index (Phi) is 2.28. The molecule has 0 radical (unpaired) electrons. The Hall–Kier alpha value is -1.34. The van der Waals surface area contributed by atoms with Gasteiger partial charge in [0.1, 0.15) is 0 Å². The maximum atomic E-state index is 3.89. The number of benzene rings is 2. The van der Waals surface area contributed by atoms with Crippen LogP contribution in [-0.2, 0) is 6.42 Å². The van der Waals surface area contributed by atoms with Gasteiger partial charge in [-0.1, -0.05) is 42.5 Å². The lowest BCUT2D eigenvalue weighted by molar-refractivity contribution is -0.366. The number of rotatable bonds is 2. The van der Waals surface area contributed by atoms with Gasteiger partial charge in [0.05, 0.1) is 6.54 Å². The second-order valence-corrected chi connectivity index (χ2v) is 3.24. The van der Waals surface area contributed by atoms with Crippen molar-refractivity contribution >= 4 is 10.8 Å². The van der Waals surface area contributed by atoms with E-state index in [1.165, 1.54) is 16.3 Å². The average molecular weight is 172 g/mol. The van der Waals surface area contributed by atoms with Gasteiger partial charge in [-0.3, -0.25) is 0 Å². The molecule has 1 nitrogen and oxygen atoms in total. The topological polar surface area (TPSA) is 27.6 Å². The highest BCUT2D eigenvalue weighted by molar-refractivity contribution is 5.85. The van der Waals surface area contributed by atoms with Crippen molar-refractivity contribution in [3.8, 4) is 0 Å². The maximum Gasteiger partial charge on any atom is 0.0781 e. The molecule has 0 heterocycles. The molecule has 1 heteroatoms. The highest BCUT2D eigenvalue weighted by Gasteiger charge is 1.98. The first-order valence-electron chi connectivity index (χ1n) is 4.67. The fourth-order valence-corrected chi connectivity index (χ4v) is 1.70. The van der Waals surface area contributed by atoms with Gasteiger partial charge in [-0.25, -0.2) is 0 Å². The summed E-state index contributed by atoms with van der Waals surface area (Å²) in [4.78, 5) is 0. The summed E-state index contributed by atoms with van der Waals surface area (Å²) in [5.41, 5.74) is 5.30. The summed E-state index contributed by atoms with van der Waals surface area (Å²) < 4.78 is 0. The van der Waals surface area contributed by atoms with Gasteiger partial charge < -0.3 is 5.73 Å². The largest absolute Gasteiger partial charge is 0.357 e. The van der Waals surface area contributed by atoms with Crippen molar-refractivity contribution in [2.24, 2.45) is 0 Å². The van der Waals surface area contributed by atoms with E-state index in [2.05, 4.69) is 48.2 Å². The minimum atomic E-state index is 0.966. The molecule has 2 aromatic carbocycles. The third kappa shape index (κ3) is 1.56. The Morgan fingerprint density at radius 3 is 2.54 bits per heavy atom.